The minimum atomic E-state index is -4.44. The van der Waals surface area contributed by atoms with E-state index in [4.69, 9.17) is 0 Å². The van der Waals surface area contributed by atoms with Crippen molar-refractivity contribution in [3.63, 3.8) is 0 Å². The lowest BCUT2D eigenvalue weighted by Gasteiger charge is -2.38. The Labute approximate surface area is 190 Å². The number of aryl methyl sites for hydroxylation is 1. The normalized spacial score (nSPS) is 29.7. The first-order valence-corrected chi connectivity index (χ1v) is 13.2. The Hall–Kier alpha value is -2.20. The summed E-state index contributed by atoms with van der Waals surface area (Å²) in [6.45, 7) is 4.43. The van der Waals surface area contributed by atoms with Gasteiger partial charge >= 0.3 is 6.18 Å². The number of alkyl halides is 3. The third-order valence-electron chi connectivity index (χ3n) is 7.74. The summed E-state index contributed by atoms with van der Waals surface area (Å²) < 4.78 is 64.5. The van der Waals surface area contributed by atoms with E-state index in [2.05, 4.69) is 21.1 Å². The van der Waals surface area contributed by atoms with Gasteiger partial charge in [0.2, 0.25) is 0 Å². The van der Waals surface area contributed by atoms with E-state index >= 15 is 0 Å². The van der Waals surface area contributed by atoms with Crippen molar-refractivity contribution in [1.29, 1.82) is 0 Å². The standard InChI is InChI=1S/C23H25F3N4O2S/c1-2-30-20(8-19(28-30)14-5-15(10-27-9-14)23(24,25)26)21-17-6-16(7-18(17)21)29-4-3-22(11-29)12-33(31,32)13-22/h5-6,8-10,16,18,21H,2-4,7,11-13H2,1H3/t16-,18+,21+/m0/s1. The van der Waals surface area contributed by atoms with E-state index in [1.807, 2.05) is 17.7 Å². The number of hydrogen-bond donors (Lipinski definition) is 0. The van der Waals surface area contributed by atoms with Crippen LogP contribution in [0.3, 0.4) is 0 Å². The van der Waals surface area contributed by atoms with Gasteiger partial charge in [0, 0.05) is 54.1 Å². The van der Waals surface area contributed by atoms with Gasteiger partial charge in [0.05, 0.1) is 22.8 Å². The topological polar surface area (TPSA) is 68.1 Å². The molecule has 0 radical (unpaired) electrons. The number of likely N-dealkylation sites (tertiary alicyclic amines) is 1. The number of halogens is 3. The minimum Gasteiger partial charge on any atom is -0.296 e. The molecule has 176 valence electrons. The Morgan fingerprint density at radius 3 is 2.64 bits per heavy atom. The van der Waals surface area contributed by atoms with Crippen molar-refractivity contribution in [1.82, 2.24) is 19.7 Å². The fourth-order valence-corrected chi connectivity index (χ4v) is 8.46. The van der Waals surface area contributed by atoms with Gasteiger partial charge in [0.25, 0.3) is 0 Å². The van der Waals surface area contributed by atoms with Gasteiger partial charge in [-0.05, 0) is 44.4 Å². The summed E-state index contributed by atoms with van der Waals surface area (Å²) in [4.78, 5) is 6.20. The molecule has 6 nitrogen and oxygen atoms in total. The molecule has 1 saturated carbocycles. The number of aromatic nitrogens is 3. The molecule has 33 heavy (non-hydrogen) atoms. The Morgan fingerprint density at radius 1 is 1.21 bits per heavy atom. The van der Waals surface area contributed by atoms with E-state index in [1.165, 1.54) is 11.8 Å². The van der Waals surface area contributed by atoms with Crippen molar-refractivity contribution in [2.75, 3.05) is 24.6 Å². The fraction of sp³-hybridized carbons (Fsp3) is 0.565. The van der Waals surface area contributed by atoms with Gasteiger partial charge in [-0.1, -0.05) is 11.6 Å². The average molecular weight is 479 g/mol. The van der Waals surface area contributed by atoms with E-state index in [0.717, 1.165) is 43.9 Å². The van der Waals surface area contributed by atoms with Gasteiger partial charge in [0.1, 0.15) is 0 Å². The van der Waals surface area contributed by atoms with Gasteiger partial charge in [-0.25, -0.2) is 8.42 Å². The van der Waals surface area contributed by atoms with Crippen LogP contribution in [-0.4, -0.2) is 58.7 Å². The highest BCUT2D eigenvalue weighted by Gasteiger charge is 2.56. The van der Waals surface area contributed by atoms with Gasteiger partial charge < -0.3 is 0 Å². The lowest BCUT2D eigenvalue weighted by molar-refractivity contribution is -0.137. The molecular formula is C23H25F3N4O2S. The molecule has 0 N–H and O–H groups in total. The fourth-order valence-electron chi connectivity index (χ4n) is 6.21. The summed E-state index contributed by atoms with van der Waals surface area (Å²) in [7, 11) is -2.82. The molecular weight excluding hydrogens is 453 g/mol. The largest absolute Gasteiger partial charge is 0.417 e. The highest BCUT2D eigenvalue weighted by molar-refractivity contribution is 7.92. The van der Waals surface area contributed by atoms with Gasteiger partial charge in [0.15, 0.2) is 9.84 Å². The minimum absolute atomic E-state index is 0.0295. The Balaban J connectivity index is 1.20. The molecule has 2 aromatic rings. The molecule has 2 aromatic heterocycles. The smallest absolute Gasteiger partial charge is 0.296 e. The maximum Gasteiger partial charge on any atom is 0.417 e. The van der Waals surface area contributed by atoms with Crippen molar-refractivity contribution in [3.05, 3.63) is 47.4 Å². The van der Waals surface area contributed by atoms with Crippen LogP contribution in [0, 0.1) is 11.3 Å². The highest BCUT2D eigenvalue weighted by Crippen LogP contribution is 2.61. The molecule has 2 aliphatic heterocycles. The second-order valence-corrected chi connectivity index (χ2v) is 12.1. The van der Waals surface area contributed by atoms with E-state index in [9.17, 15) is 21.6 Å². The molecule has 10 heteroatoms. The number of sulfone groups is 1. The number of fused-ring (bicyclic) bond motifs is 1. The number of pyridine rings is 1. The van der Waals surface area contributed by atoms with E-state index in [0.29, 0.717) is 41.3 Å². The molecule has 3 fully saturated rings. The summed E-state index contributed by atoms with van der Waals surface area (Å²) >= 11 is 0. The van der Waals surface area contributed by atoms with Crippen LogP contribution in [0.4, 0.5) is 13.2 Å². The van der Waals surface area contributed by atoms with Gasteiger partial charge in [-0.15, -0.1) is 0 Å². The predicted molar refractivity (Wildman–Crippen MR) is 116 cm³/mol. The van der Waals surface area contributed by atoms with Crippen molar-refractivity contribution in [3.8, 4) is 11.3 Å². The van der Waals surface area contributed by atoms with Crippen molar-refractivity contribution < 1.29 is 21.6 Å². The first-order valence-electron chi connectivity index (χ1n) is 11.3. The number of nitrogens with zero attached hydrogens (tertiary/aromatic N) is 4. The van der Waals surface area contributed by atoms with E-state index in [-0.39, 0.29) is 11.3 Å². The molecule has 3 atom stereocenters. The SMILES string of the molecule is CCn1nc(-c2cncc(C(F)(F)F)c2)cc1[C@@H]1C2=C[C@H](N3CCC4(C3)CS(=O)(=O)C4)C[C@H]21. The van der Waals surface area contributed by atoms with Crippen molar-refractivity contribution >= 4 is 9.84 Å². The molecule has 0 aromatic carbocycles. The zero-order chi connectivity index (χ0) is 23.2. The third kappa shape index (κ3) is 3.53. The summed E-state index contributed by atoms with van der Waals surface area (Å²) in [5.41, 5.74) is 2.50. The predicted octanol–water partition coefficient (Wildman–Crippen LogP) is 3.52. The second kappa shape index (κ2) is 6.91. The van der Waals surface area contributed by atoms with Crippen LogP contribution < -0.4 is 0 Å². The molecule has 0 bridgehead atoms. The van der Waals surface area contributed by atoms with E-state index < -0.39 is 21.6 Å². The van der Waals surface area contributed by atoms with Crippen LogP contribution in [0.2, 0.25) is 0 Å². The average Bonchev–Trinajstić information content (AvgIpc) is 3.18. The second-order valence-electron chi connectivity index (χ2n) is 10.0. The van der Waals surface area contributed by atoms with Crippen LogP contribution in [0.5, 0.6) is 0 Å². The molecule has 0 amide bonds. The molecule has 4 heterocycles. The lowest BCUT2D eigenvalue weighted by Crippen LogP contribution is -2.50. The van der Waals surface area contributed by atoms with Crippen LogP contribution in [0.25, 0.3) is 11.3 Å². The van der Waals surface area contributed by atoms with Crippen LogP contribution in [0.15, 0.2) is 36.2 Å². The van der Waals surface area contributed by atoms with E-state index in [1.54, 1.807) is 0 Å². The van der Waals surface area contributed by atoms with Crippen molar-refractivity contribution in [2.45, 2.75) is 44.4 Å². The zero-order valence-electron chi connectivity index (χ0n) is 18.2. The summed E-state index contributed by atoms with van der Waals surface area (Å²) in [5, 5.41) is 4.57. The molecule has 6 rings (SSSR count). The summed E-state index contributed by atoms with van der Waals surface area (Å²) in [6, 6.07) is 3.37. The lowest BCUT2D eigenvalue weighted by atomic mass is 9.91. The van der Waals surface area contributed by atoms with Gasteiger partial charge in [-0.3, -0.25) is 14.6 Å². The molecule has 4 aliphatic rings. The monoisotopic (exact) mass is 478 g/mol. The van der Waals surface area contributed by atoms with Gasteiger partial charge in [-0.2, -0.15) is 18.3 Å². The summed E-state index contributed by atoms with van der Waals surface area (Å²) in [5.74, 6) is 1.36. The molecule has 2 saturated heterocycles. The Morgan fingerprint density at radius 2 is 2.00 bits per heavy atom. The number of allylic oxidation sites excluding steroid dienone is 1. The van der Waals surface area contributed by atoms with Crippen LogP contribution >= 0.6 is 0 Å². The zero-order valence-corrected chi connectivity index (χ0v) is 19.0. The molecule has 2 aliphatic carbocycles. The summed E-state index contributed by atoms with van der Waals surface area (Å²) in [6.07, 6.45) is 2.12. The number of hydrogen-bond acceptors (Lipinski definition) is 5. The third-order valence-corrected chi connectivity index (χ3v) is 9.84. The Kier molecular flexibility index (Phi) is 4.47. The highest BCUT2D eigenvalue weighted by atomic mass is 32.2. The van der Waals surface area contributed by atoms with Crippen LogP contribution in [0.1, 0.15) is 36.9 Å². The first-order chi connectivity index (χ1) is 15.6. The maximum atomic E-state index is 13.1. The maximum absolute atomic E-state index is 13.1. The number of rotatable bonds is 4. The molecule has 1 spiro atoms. The quantitative estimate of drug-likeness (QED) is 0.629. The molecule has 0 unspecified atom stereocenters. The Bertz CT molecular complexity index is 1250. The first kappa shape index (κ1) is 21.3. The van der Waals surface area contributed by atoms with Crippen molar-refractivity contribution in [2.24, 2.45) is 11.3 Å². The van der Waals surface area contributed by atoms with Crippen LogP contribution in [-0.2, 0) is 22.6 Å².